The van der Waals surface area contributed by atoms with E-state index in [1.165, 1.54) is 10.6 Å². The van der Waals surface area contributed by atoms with Crippen molar-refractivity contribution in [1.82, 2.24) is 9.62 Å². The Bertz CT molecular complexity index is 400. The summed E-state index contributed by atoms with van der Waals surface area (Å²) in [6.07, 6.45) is 3.17. The van der Waals surface area contributed by atoms with E-state index in [0.717, 1.165) is 0 Å². The van der Waals surface area contributed by atoms with Crippen LogP contribution in [0, 0.1) is 5.92 Å². The summed E-state index contributed by atoms with van der Waals surface area (Å²) < 4.78 is 24.2. The molecule has 1 fully saturated rings. The lowest BCUT2D eigenvalue weighted by atomic mass is 10.0. The number of rotatable bonds is 5. The SMILES string of the molecule is CC(C)C[C@@H](N)C(=O)NC1CCN(S(C)(=O)=O)CC1. The van der Waals surface area contributed by atoms with Crippen LogP contribution >= 0.6 is 0 Å². The zero-order valence-corrected chi connectivity index (χ0v) is 12.7. The quantitative estimate of drug-likeness (QED) is 0.740. The van der Waals surface area contributed by atoms with Gasteiger partial charge in [-0.2, -0.15) is 0 Å². The lowest BCUT2D eigenvalue weighted by Crippen LogP contribution is -2.50. The third-order valence-electron chi connectivity index (χ3n) is 3.33. The molecule has 1 atom stereocenters. The number of sulfonamides is 1. The standard InChI is InChI=1S/C12H25N3O3S/c1-9(2)8-11(13)12(16)14-10-4-6-15(7-5-10)19(3,17)18/h9-11H,4-8,13H2,1-3H3,(H,14,16)/t11-/m1/s1. The number of carbonyl (C=O) groups excluding carboxylic acids is 1. The van der Waals surface area contributed by atoms with E-state index in [4.69, 9.17) is 5.73 Å². The van der Waals surface area contributed by atoms with E-state index in [1.54, 1.807) is 0 Å². The van der Waals surface area contributed by atoms with E-state index >= 15 is 0 Å². The first-order chi connectivity index (χ1) is 8.70. The number of nitrogens with two attached hydrogens (primary N) is 1. The van der Waals surface area contributed by atoms with Crippen LogP contribution in [0.25, 0.3) is 0 Å². The number of carbonyl (C=O) groups is 1. The van der Waals surface area contributed by atoms with Crippen LogP contribution in [0.4, 0.5) is 0 Å². The van der Waals surface area contributed by atoms with Gasteiger partial charge in [0.05, 0.1) is 12.3 Å². The molecule has 0 aromatic carbocycles. The lowest BCUT2D eigenvalue weighted by Gasteiger charge is -2.31. The van der Waals surface area contributed by atoms with Crippen molar-refractivity contribution in [2.75, 3.05) is 19.3 Å². The van der Waals surface area contributed by atoms with Crippen molar-refractivity contribution in [1.29, 1.82) is 0 Å². The molecule has 19 heavy (non-hydrogen) atoms. The van der Waals surface area contributed by atoms with Gasteiger partial charge in [0.2, 0.25) is 15.9 Å². The van der Waals surface area contributed by atoms with Gasteiger partial charge in [-0.1, -0.05) is 13.8 Å². The second-order valence-electron chi connectivity index (χ2n) is 5.68. The molecular formula is C12H25N3O3S. The Hall–Kier alpha value is -0.660. The molecular weight excluding hydrogens is 266 g/mol. The molecule has 0 aromatic rings. The summed E-state index contributed by atoms with van der Waals surface area (Å²) in [4.78, 5) is 11.9. The van der Waals surface area contributed by atoms with Gasteiger partial charge >= 0.3 is 0 Å². The van der Waals surface area contributed by atoms with Crippen molar-refractivity contribution >= 4 is 15.9 Å². The molecule has 0 aliphatic carbocycles. The first-order valence-electron chi connectivity index (χ1n) is 6.71. The number of piperidine rings is 1. The first kappa shape index (κ1) is 16.4. The maximum absolute atomic E-state index is 11.9. The monoisotopic (exact) mass is 291 g/mol. The number of amides is 1. The summed E-state index contributed by atoms with van der Waals surface area (Å²) >= 11 is 0. The zero-order valence-electron chi connectivity index (χ0n) is 11.9. The highest BCUT2D eigenvalue weighted by molar-refractivity contribution is 7.88. The molecule has 0 bridgehead atoms. The van der Waals surface area contributed by atoms with Gasteiger partial charge in [-0.25, -0.2) is 12.7 Å². The van der Waals surface area contributed by atoms with E-state index in [2.05, 4.69) is 5.32 Å². The van der Waals surface area contributed by atoms with Crippen molar-refractivity contribution in [3.8, 4) is 0 Å². The molecule has 0 radical (unpaired) electrons. The fourth-order valence-corrected chi connectivity index (χ4v) is 3.13. The minimum Gasteiger partial charge on any atom is -0.352 e. The number of hydrogen-bond donors (Lipinski definition) is 2. The smallest absolute Gasteiger partial charge is 0.237 e. The van der Waals surface area contributed by atoms with Crippen LogP contribution in [0.1, 0.15) is 33.1 Å². The molecule has 1 amide bonds. The van der Waals surface area contributed by atoms with Gasteiger partial charge in [0.1, 0.15) is 0 Å². The van der Waals surface area contributed by atoms with Crippen LogP contribution in [0.15, 0.2) is 0 Å². The van der Waals surface area contributed by atoms with Gasteiger partial charge in [0.15, 0.2) is 0 Å². The van der Waals surface area contributed by atoms with E-state index in [1.807, 2.05) is 13.8 Å². The van der Waals surface area contributed by atoms with Crippen LogP contribution in [0.5, 0.6) is 0 Å². The second-order valence-corrected chi connectivity index (χ2v) is 7.66. The summed E-state index contributed by atoms with van der Waals surface area (Å²) in [6.45, 7) is 4.97. The van der Waals surface area contributed by atoms with Gasteiger partial charge in [-0.05, 0) is 25.2 Å². The molecule has 0 spiro atoms. The predicted molar refractivity (Wildman–Crippen MR) is 75.0 cm³/mol. The van der Waals surface area contributed by atoms with Gasteiger partial charge in [0.25, 0.3) is 0 Å². The summed E-state index contributed by atoms with van der Waals surface area (Å²) in [5.74, 6) is 0.249. The van der Waals surface area contributed by atoms with Crippen LogP contribution in [0.3, 0.4) is 0 Å². The van der Waals surface area contributed by atoms with Crippen molar-refractivity contribution < 1.29 is 13.2 Å². The largest absolute Gasteiger partial charge is 0.352 e. The Morgan fingerprint density at radius 2 is 1.89 bits per heavy atom. The third-order valence-corrected chi connectivity index (χ3v) is 4.63. The molecule has 6 nitrogen and oxygen atoms in total. The van der Waals surface area contributed by atoms with Crippen molar-refractivity contribution in [3.63, 3.8) is 0 Å². The molecule has 7 heteroatoms. The minimum absolute atomic E-state index is 0.0312. The average Bonchev–Trinajstić information content (AvgIpc) is 2.27. The van der Waals surface area contributed by atoms with Gasteiger partial charge in [0, 0.05) is 19.1 Å². The number of hydrogen-bond acceptors (Lipinski definition) is 4. The molecule has 1 rings (SSSR count). The Labute approximate surface area is 115 Å². The van der Waals surface area contributed by atoms with Gasteiger partial charge < -0.3 is 11.1 Å². The molecule has 0 unspecified atom stereocenters. The summed E-state index contributed by atoms with van der Waals surface area (Å²) in [5.41, 5.74) is 5.81. The lowest BCUT2D eigenvalue weighted by molar-refractivity contribution is -0.123. The Morgan fingerprint density at radius 3 is 2.32 bits per heavy atom. The number of nitrogens with one attached hydrogen (secondary N) is 1. The molecule has 112 valence electrons. The van der Waals surface area contributed by atoms with E-state index in [0.29, 0.717) is 38.3 Å². The minimum atomic E-state index is -3.11. The van der Waals surface area contributed by atoms with Crippen LogP contribution in [-0.2, 0) is 14.8 Å². The highest BCUT2D eigenvalue weighted by Crippen LogP contribution is 2.13. The van der Waals surface area contributed by atoms with Gasteiger partial charge in [-0.3, -0.25) is 4.79 Å². The Morgan fingerprint density at radius 1 is 1.37 bits per heavy atom. The molecule has 1 aliphatic rings. The van der Waals surface area contributed by atoms with E-state index in [-0.39, 0.29) is 11.9 Å². The Balaban J connectivity index is 2.39. The van der Waals surface area contributed by atoms with Crippen molar-refractivity contribution in [2.24, 2.45) is 11.7 Å². The zero-order chi connectivity index (χ0) is 14.6. The van der Waals surface area contributed by atoms with Crippen molar-refractivity contribution in [3.05, 3.63) is 0 Å². The molecule has 1 aliphatic heterocycles. The van der Waals surface area contributed by atoms with E-state index in [9.17, 15) is 13.2 Å². The fourth-order valence-electron chi connectivity index (χ4n) is 2.25. The molecule has 0 saturated carbocycles. The summed E-state index contributed by atoms with van der Waals surface area (Å²) in [6, 6.07) is -0.448. The topological polar surface area (TPSA) is 92.5 Å². The maximum Gasteiger partial charge on any atom is 0.237 e. The predicted octanol–water partition coefficient (Wildman–Crippen LogP) is -0.1000. The summed E-state index contributed by atoms with van der Waals surface area (Å²) in [5, 5.41) is 2.91. The molecule has 1 heterocycles. The van der Waals surface area contributed by atoms with Crippen LogP contribution in [-0.4, -0.2) is 50.1 Å². The van der Waals surface area contributed by atoms with Crippen LogP contribution < -0.4 is 11.1 Å². The first-order valence-corrected chi connectivity index (χ1v) is 8.56. The molecule has 3 N–H and O–H groups in total. The third kappa shape index (κ3) is 5.46. The highest BCUT2D eigenvalue weighted by Gasteiger charge is 2.26. The Kier molecular flexibility index (Phi) is 5.76. The van der Waals surface area contributed by atoms with Crippen LogP contribution in [0.2, 0.25) is 0 Å². The number of nitrogens with zero attached hydrogens (tertiary/aromatic N) is 1. The maximum atomic E-state index is 11.9. The molecule has 1 saturated heterocycles. The summed E-state index contributed by atoms with van der Waals surface area (Å²) in [7, 11) is -3.11. The average molecular weight is 291 g/mol. The second kappa shape index (κ2) is 6.67. The van der Waals surface area contributed by atoms with Crippen molar-refractivity contribution in [2.45, 2.75) is 45.2 Å². The normalized spacial score (nSPS) is 20.5. The highest BCUT2D eigenvalue weighted by atomic mass is 32.2. The fraction of sp³-hybridized carbons (Fsp3) is 0.917. The molecule has 0 aromatic heterocycles. The van der Waals surface area contributed by atoms with Gasteiger partial charge in [-0.15, -0.1) is 0 Å². The van der Waals surface area contributed by atoms with E-state index < -0.39 is 16.1 Å².